The molecular formula is C11H22N4. The molecule has 1 saturated carbocycles. The van der Waals surface area contributed by atoms with Gasteiger partial charge in [0.2, 0.25) is 0 Å². The average molecular weight is 210 g/mol. The Morgan fingerprint density at radius 2 is 2.00 bits per heavy atom. The average Bonchev–Trinajstić information content (AvgIpc) is 2.50. The third-order valence-corrected chi connectivity index (χ3v) is 2.98. The molecule has 0 aromatic heterocycles. The first-order valence-corrected chi connectivity index (χ1v) is 5.65. The minimum atomic E-state index is 0.486. The van der Waals surface area contributed by atoms with Gasteiger partial charge >= 0.3 is 0 Å². The second-order valence-electron chi connectivity index (χ2n) is 4.16. The zero-order valence-electron chi connectivity index (χ0n) is 9.42. The Hall–Kier alpha value is -1.03. The van der Waals surface area contributed by atoms with Gasteiger partial charge in [0, 0.05) is 24.5 Å². The Labute approximate surface area is 91.8 Å². The summed E-state index contributed by atoms with van der Waals surface area (Å²) in [6, 6.07) is 1.10. The SMILES string of the molecule is CNC1CCCCC(N/C=C(/N)C=N)C1. The highest BCUT2D eigenvalue weighted by Crippen LogP contribution is 2.17. The van der Waals surface area contributed by atoms with Gasteiger partial charge in [-0.15, -0.1) is 0 Å². The number of nitrogens with two attached hydrogens (primary N) is 1. The van der Waals surface area contributed by atoms with Crippen LogP contribution in [0.15, 0.2) is 11.9 Å². The third-order valence-electron chi connectivity index (χ3n) is 2.98. The topological polar surface area (TPSA) is 73.9 Å². The van der Waals surface area contributed by atoms with E-state index in [1.807, 2.05) is 7.05 Å². The maximum absolute atomic E-state index is 6.97. The third kappa shape index (κ3) is 4.34. The van der Waals surface area contributed by atoms with Crippen molar-refractivity contribution >= 4 is 6.21 Å². The van der Waals surface area contributed by atoms with E-state index in [-0.39, 0.29) is 0 Å². The Morgan fingerprint density at radius 1 is 1.33 bits per heavy atom. The monoisotopic (exact) mass is 210 g/mol. The van der Waals surface area contributed by atoms with Crippen LogP contribution in [0.2, 0.25) is 0 Å². The predicted octanol–water partition coefficient (Wildman–Crippen LogP) is 0.946. The number of hydrogen-bond donors (Lipinski definition) is 4. The minimum absolute atomic E-state index is 0.486. The summed E-state index contributed by atoms with van der Waals surface area (Å²) in [6.07, 6.45) is 9.08. The normalized spacial score (nSPS) is 28.2. The van der Waals surface area contributed by atoms with Crippen LogP contribution in [0.4, 0.5) is 0 Å². The van der Waals surface area contributed by atoms with Gasteiger partial charge in [0.1, 0.15) is 0 Å². The Kier molecular flexibility index (Phi) is 5.18. The molecule has 4 nitrogen and oxygen atoms in total. The van der Waals surface area contributed by atoms with Gasteiger partial charge in [0.15, 0.2) is 0 Å². The molecule has 0 aromatic rings. The lowest BCUT2D eigenvalue weighted by Gasteiger charge is -2.19. The van der Waals surface area contributed by atoms with E-state index in [4.69, 9.17) is 11.1 Å². The molecule has 0 amide bonds. The summed E-state index contributed by atoms with van der Waals surface area (Å²) in [5, 5.41) is 13.6. The lowest BCUT2D eigenvalue weighted by Crippen LogP contribution is -2.34. The van der Waals surface area contributed by atoms with E-state index < -0.39 is 0 Å². The molecule has 0 heterocycles. The van der Waals surface area contributed by atoms with Gasteiger partial charge in [-0.05, 0) is 26.3 Å². The van der Waals surface area contributed by atoms with Crippen LogP contribution in [0.25, 0.3) is 0 Å². The highest BCUT2D eigenvalue weighted by Gasteiger charge is 2.17. The lowest BCUT2D eigenvalue weighted by atomic mass is 10.1. The summed E-state index contributed by atoms with van der Waals surface area (Å²) < 4.78 is 0. The molecule has 0 saturated heterocycles. The standard InChI is InChI=1S/C11H22N4/c1-14-10-4-2-3-5-11(6-10)15-8-9(13)7-12/h7-8,10-12,14-15H,2-6,13H2,1H3/b9-8+,12-7?. The quantitative estimate of drug-likeness (QED) is 0.412. The van der Waals surface area contributed by atoms with Crippen molar-refractivity contribution in [1.29, 1.82) is 5.41 Å². The van der Waals surface area contributed by atoms with Crippen molar-refractivity contribution in [2.24, 2.45) is 5.73 Å². The first kappa shape index (κ1) is 12.0. The molecule has 15 heavy (non-hydrogen) atoms. The van der Waals surface area contributed by atoms with Crippen LogP contribution in [0.1, 0.15) is 32.1 Å². The van der Waals surface area contributed by atoms with Crippen molar-refractivity contribution in [1.82, 2.24) is 10.6 Å². The van der Waals surface area contributed by atoms with Crippen LogP contribution in [0.5, 0.6) is 0 Å². The van der Waals surface area contributed by atoms with Crippen LogP contribution in [-0.2, 0) is 0 Å². The number of hydrogen-bond acceptors (Lipinski definition) is 4. The molecule has 1 fully saturated rings. The number of nitrogens with one attached hydrogen (secondary N) is 3. The molecule has 1 rings (SSSR count). The summed E-state index contributed by atoms with van der Waals surface area (Å²) in [5.41, 5.74) is 6.02. The molecule has 0 aliphatic heterocycles. The van der Waals surface area contributed by atoms with Gasteiger partial charge in [-0.3, -0.25) is 0 Å². The molecule has 0 aromatic carbocycles. The summed E-state index contributed by atoms with van der Waals surface area (Å²) in [4.78, 5) is 0. The molecule has 86 valence electrons. The van der Waals surface area contributed by atoms with Crippen LogP contribution >= 0.6 is 0 Å². The van der Waals surface area contributed by atoms with Crippen molar-refractivity contribution in [3.63, 3.8) is 0 Å². The fourth-order valence-electron chi connectivity index (χ4n) is 2.03. The Morgan fingerprint density at radius 3 is 2.60 bits per heavy atom. The van der Waals surface area contributed by atoms with Crippen molar-refractivity contribution in [2.45, 2.75) is 44.2 Å². The summed E-state index contributed by atoms with van der Waals surface area (Å²) in [5.74, 6) is 0. The molecule has 2 atom stereocenters. The van der Waals surface area contributed by atoms with Gasteiger partial charge in [0.25, 0.3) is 0 Å². The van der Waals surface area contributed by atoms with E-state index in [0.29, 0.717) is 17.8 Å². The van der Waals surface area contributed by atoms with E-state index in [9.17, 15) is 0 Å². The molecular weight excluding hydrogens is 188 g/mol. The number of allylic oxidation sites excluding steroid dienone is 1. The van der Waals surface area contributed by atoms with Crippen LogP contribution < -0.4 is 16.4 Å². The Balaban J connectivity index is 2.42. The maximum atomic E-state index is 6.97. The second kappa shape index (κ2) is 6.45. The van der Waals surface area contributed by atoms with E-state index in [1.54, 1.807) is 6.20 Å². The van der Waals surface area contributed by atoms with Crippen LogP contribution in [-0.4, -0.2) is 25.3 Å². The molecule has 2 unspecified atom stereocenters. The van der Waals surface area contributed by atoms with Crippen molar-refractivity contribution < 1.29 is 0 Å². The van der Waals surface area contributed by atoms with Gasteiger partial charge in [-0.2, -0.15) is 0 Å². The van der Waals surface area contributed by atoms with E-state index >= 15 is 0 Å². The molecule has 0 radical (unpaired) electrons. The highest BCUT2D eigenvalue weighted by molar-refractivity contribution is 5.73. The fourth-order valence-corrected chi connectivity index (χ4v) is 2.03. The second-order valence-corrected chi connectivity index (χ2v) is 4.16. The number of rotatable bonds is 4. The van der Waals surface area contributed by atoms with Crippen LogP contribution in [0, 0.1) is 5.41 Å². The van der Waals surface area contributed by atoms with Crippen molar-refractivity contribution in [3.8, 4) is 0 Å². The first-order chi connectivity index (χ1) is 7.26. The largest absolute Gasteiger partial charge is 0.396 e. The van der Waals surface area contributed by atoms with Crippen LogP contribution in [0.3, 0.4) is 0 Å². The lowest BCUT2D eigenvalue weighted by molar-refractivity contribution is 0.441. The van der Waals surface area contributed by atoms with Gasteiger partial charge in [-0.25, -0.2) is 0 Å². The highest BCUT2D eigenvalue weighted by atomic mass is 14.9. The molecule has 1 aliphatic rings. The minimum Gasteiger partial charge on any atom is -0.396 e. The first-order valence-electron chi connectivity index (χ1n) is 5.65. The maximum Gasteiger partial charge on any atom is 0.0652 e. The zero-order valence-corrected chi connectivity index (χ0v) is 9.42. The molecule has 5 N–H and O–H groups in total. The zero-order chi connectivity index (χ0) is 11.1. The fraction of sp³-hybridized carbons (Fsp3) is 0.727. The van der Waals surface area contributed by atoms with Crippen molar-refractivity contribution in [3.05, 3.63) is 11.9 Å². The van der Waals surface area contributed by atoms with Gasteiger partial charge < -0.3 is 21.8 Å². The summed E-state index contributed by atoms with van der Waals surface area (Å²) in [7, 11) is 2.02. The predicted molar refractivity (Wildman–Crippen MR) is 63.9 cm³/mol. The Bertz CT molecular complexity index is 225. The molecule has 0 spiro atoms. The van der Waals surface area contributed by atoms with E-state index in [0.717, 1.165) is 6.42 Å². The van der Waals surface area contributed by atoms with E-state index in [1.165, 1.54) is 31.9 Å². The summed E-state index contributed by atoms with van der Waals surface area (Å²) >= 11 is 0. The molecule has 1 aliphatic carbocycles. The van der Waals surface area contributed by atoms with Gasteiger partial charge in [-0.1, -0.05) is 12.8 Å². The molecule has 4 heteroatoms. The smallest absolute Gasteiger partial charge is 0.0652 e. The van der Waals surface area contributed by atoms with E-state index in [2.05, 4.69) is 10.6 Å². The summed E-state index contributed by atoms with van der Waals surface area (Å²) in [6.45, 7) is 0. The van der Waals surface area contributed by atoms with Crippen molar-refractivity contribution in [2.75, 3.05) is 7.05 Å². The molecule has 0 bridgehead atoms. The van der Waals surface area contributed by atoms with Gasteiger partial charge in [0.05, 0.1) is 5.70 Å².